The van der Waals surface area contributed by atoms with Gasteiger partial charge >= 0.3 is 18.3 Å². The molecule has 5 aromatic rings. The van der Waals surface area contributed by atoms with E-state index in [2.05, 4.69) is 14.9 Å². The molecular formula is C50H55ClF5N7O5. The number of piperazine rings is 1. The van der Waals surface area contributed by atoms with Crippen molar-refractivity contribution in [2.24, 2.45) is 0 Å². The fourth-order valence-electron chi connectivity index (χ4n) is 10.5. The Morgan fingerprint density at radius 3 is 2.09 bits per heavy atom. The zero-order valence-electron chi connectivity index (χ0n) is 38.9. The second-order valence-electron chi connectivity index (χ2n) is 19.4. The number of nitrogens with zero attached hydrogens (tertiary/aromatic N) is 7. The number of hydrogen-bond donors (Lipinski definition) is 0. The molecule has 9 rings (SSSR count). The van der Waals surface area contributed by atoms with Gasteiger partial charge in [-0.15, -0.1) is 0 Å². The minimum absolute atomic E-state index is 0.0251. The molecule has 362 valence electrons. The molecule has 4 fully saturated rings. The van der Waals surface area contributed by atoms with Gasteiger partial charge in [0.25, 0.3) is 0 Å². The predicted molar refractivity (Wildman–Crippen MR) is 249 cm³/mol. The first-order valence-electron chi connectivity index (χ1n) is 22.9. The molecule has 0 N–H and O–H groups in total. The second kappa shape index (κ2) is 18.3. The molecule has 0 unspecified atom stereocenters. The third-order valence-electron chi connectivity index (χ3n) is 13.6. The van der Waals surface area contributed by atoms with E-state index in [1.165, 1.54) is 19.1 Å². The van der Waals surface area contributed by atoms with Gasteiger partial charge in [-0.25, -0.2) is 18.6 Å². The molecule has 68 heavy (non-hydrogen) atoms. The molecule has 6 heterocycles. The highest BCUT2D eigenvalue weighted by Gasteiger charge is 2.50. The van der Waals surface area contributed by atoms with Crippen LogP contribution in [0.2, 0.25) is 5.02 Å². The molecule has 2 aromatic heterocycles. The maximum Gasteiger partial charge on any atom is 0.418 e. The zero-order valence-corrected chi connectivity index (χ0v) is 39.7. The van der Waals surface area contributed by atoms with Crippen LogP contribution in [0.25, 0.3) is 22.2 Å². The van der Waals surface area contributed by atoms with Gasteiger partial charge in [-0.2, -0.15) is 23.1 Å². The van der Waals surface area contributed by atoms with Gasteiger partial charge in [-0.3, -0.25) is 9.80 Å². The summed E-state index contributed by atoms with van der Waals surface area (Å²) >= 11 is 7.03. The van der Waals surface area contributed by atoms with Crippen molar-refractivity contribution >= 4 is 40.2 Å². The number of carbonyl (C=O) groups is 1. The molecule has 12 nitrogen and oxygen atoms in total. The number of methoxy groups -OCH3 is 2. The summed E-state index contributed by atoms with van der Waals surface area (Å²) in [5, 5.41) is -0.197. The second-order valence-corrected chi connectivity index (χ2v) is 19.8. The number of carbonyl (C=O) groups excluding carboxylic acids is 1. The Hall–Kier alpha value is -5.68. The fourth-order valence-corrected chi connectivity index (χ4v) is 10.8. The number of anilines is 2. The lowest BCUT2D eigenvalue weighted by Crippen LogP contribution is -2.57. The minimum Gasteiger partial charge on any atom is -0.497 e. The van der Waals surface area contributed by atoms with Crippen molar-refractivity contribution in [2.75, 3.05) is 56.8 Å². The maximum atomic E-state index is 17.9. The van der Waals surface area contributed by atoms with Gasteiger partial charge in [-0.1, -0.05) is 35.9 Å². The SMILES string of the molecule is COc1ccc(CN(Cc2ccc(OC)cc2)c2cc(C)c(C(F)(F)F)c(-c3c(Cl)cc4c(N5C[C@H]6CC[C@@H](C5)N6C(=O)OC(C)(C)C)nc(OC[C@@]56CCCN5C[C@H](F)C6)nc4c3F)n2)cc1. The summed E-state index contributed by atoms with van der Waals surface area (Å²) in [4.78, 5) is 35.0. The van der Waals surface area contributed by atoms with E-state index in [0.29, 0.717) is 50.4 Å². The smallest absolute Gasteiger partial charge is 0.418 e. The van der Waals surface area contributed by atoms with E-state index >= 15 is 17.6 Å². The number of pyridine rings is 1. The molecule has 0 saturated carbocycles. The first kappa shape index (κ1) is 47.4. The van der Waals surface area contributed by atoms with Gasteiger partial charge in [0, 0.05) is 44.5 Å². The average molecular weight is 964 g/mol. The highest BCUT2D eigenvalue weighted by atomic mass is 35.5. The van der Waals surface area contributed by atoms with Crippen LogP contribution in [0.5, 0.6) is 17.5 Å². The number of rotatable bonds is 12. The standard InChI is InChI=1S/C50H55ClF5N7O5/c1-29-20-39(60(23-30-8-14-35(65-5)15-9-30)24-31-10-16-36(66-6)17-11-31)57-44(41(29)50(54,55)56)40-38(51)21-37-43(42(40)53)58-46(67-28-49-18-7-19-62(49)25-32(52)22-49)59-45(37)61-26-33-12-13-34(27-61)63(33)47(64)68-48(2,3)4/h8-11,14-17,20-21,32-34H,7,12-13,18-19,22-28H2,1-6H3/t32-,33-,34+,49+/m1/s1. The number of fused-ring (bicyclic) bond motifs is 4. The van der Waals surface area contributed by atoms with E-state index < -0.39 is 52.2 Å². The van der Waals surface area contributed by atoms with Crippen LogP contribution in [0.4, 0.5) is 38.4 Å². The van der Waals surface area contributed by atoms with Crippen molar-refractivity contribution in [3.05, 3.63) is 93.8 Å². The van der Waals surface area contributed by atoms with Crippen LogP contribution >= 0.6 is 11.6 Å². The van der Waals surface area contributed by atoms with Crippen LogP contribution in [0.3, 0.4) is 0 Å². The summed E-state index contributed by atoms with van der Waals surface area (Å²) in [7, 11) is 3.11. The number of benzene rings is 3. The van der Waals surface area contributed by atoms with Gasteiger partial charge in [0.05, 0.1) is 53.7 Å². The number of halogens is 6. The van der Waals surface area contributed by atoms with Gasteiger partial charge in [0.2, 0.25) is 0 Å². The molecule has 0 radical (unpaired) electrons. The lowest BCUT2D eigenvalue weighted by molar-refractivity contribution is -0.137. The number of ether oxygens (including phenoxy) is 4. The monoisotopic (exact) mass is 963 g/mol. The Morgan fingerprint density at radius 2 is 1.51 bits per heavy atom. The lowest BCUT2D eigenvalue weighted by atomic mass is 9.95. The third kappa shape index (κ3) is 9.39. The first-order chi connectivity index (χ1) is 32.3. The van der Waals surface area contributed by atoms with Crippen LogP contribution in [-0.4, -0.2) is 107 Å². The van der Waals surface area contributed by atoms with Crippen molar-refractivity contribution in [1.82, 2.24) is 24.8 Å². The Bertz CT molecular complexity index is 2620. The van der Waals surface area contributed by atoms with E-state index in [1.807, 2.05) is 29.2 Å². The number of aryl methyl sites for hydroxylation is 1. The lowest BCUT2D eigenvalue weighted by Gasteiger charge is -2.42. The van der Waals surface area contributed by atoms with Crippen LogP contribution in [0.1, 0.15) is 75.1 Å². The number of hydrogen-bond acceptors (Lipinski definition) is 11. The van der Waals surface area contributed by atoms with Crippen molar-refractivity contribution in [3.63, 3.8) is 0 Å². The summed E-state index contributed by atoms with van der Waals surface area (Å²) in [6.07, 6.45) is -3.28. The van der Waals surface area contributed by atoms with Gasteiger partial charge in [0.1, 0.15) is 47.0 Å². The molecule has 3 aromatic carbocycles. The summed E-state index contributed by atoms with van der Waals surface area (Å²) in [6.45, 7) is 8.76. The van der Waals surface area contributed by atoms with Crippen molar-refractivity contribution in [1.29, 1.82) is 0 Å². The van der Waals surface area contributed by atoms with Crippen molar-refractivity contribution in [3.8, 4) is 28.8 Å². The summed E-state index contributed by atoms with van der Waals surface area (Å²) < 4.78 is 102. The fraction of sp³-hybridized carbons (Fsp3) is 0.480. The van der Waals surface area contributed by atoms with Gasteiger partial charge < -0.3 is 28.7 Å². The highest BCUT2D eigenvalue weighted by Crippen LogP contribution is 2.47. The molecule has 2 bridgehead atoms. The molecule has 0 aliphatic carbocycles. The maximum absolute atomic E-state index is 17.9. The number of aromatic nitrogens is 3. The minimum atomic E-state index is -4.98. The topological polar surface area (TPSA) is 106 Å². The van der Waals surface area contributed by atoms with Crippen molar-refractivity contribution < 1.29 is 45.7 Å². The van der Waals surface area contributed by atoms with E-state index in [9.17, 15) is 9.18 Å². The molecular weight excluding hydrogens is 909 g/mol. The molecule has 4 aliphatic heterocycles. The summed E-state index contributed by atoms with van der Waals surface area (Å²) in [6, 6.07) is 16.5. The Morgan fingerprint density at radius 1 is 0.897 bits per heavy atom. The molecule has 18 heteroatoms. The summed E-state index contributed by atoms with van der Waals surface area (Å²) in [5.74, 6) is 0.499. The molecule has 4 atom stereocenters. The largest absolute Gasteiger partial charge is 0.497 e. The Kier molecular flexibility index (Phi) is 12.8. The number of alkyl halides is 4. The van der Waals surface area contributed by atoms with Crippen LogP contribution in [0.15, 0.2) is 60.7 Å². The summed E-state index contributed by atoms with van der Waals surface area (Å²) in [5.41, 5.74) is -2.67. The van der Waals surface area contributed by atoms with Gasteiger partial charge in [-0.05, 0) is 113 Å². The first-order valence-corrected chi connectivity index (χ1v) is 23.3. The molecule has 4 aliphatic rings. The Balaban J connectivity index is 1.17. The van der Waals surface area contributed by atoms with Gasteiger partial charge in [0.15, 0.2) is 5.82 Å². The molecule has 0 spiro atoms. The van der Waals surface area contributed by atoms with E-state index in [1.54, 1.807) is 69.1 Å². The molecule has 4 saturated heterocycles. The zero-order chi connectivity index (χ0) is 48.3. The predicted octanol–water partition coefficient (Wildman–Crippen LogP) is 10.6. The molecule has 1 amide bonds. The Labute approximate surface area is 397 Å². The normalized spacial score (nSPS) is 21.6. The van der Waals surface area contributed by atoms with Crippen LogP contribution in [-0.2, 0) is 24.0 Å². The average Bonchev–Trinajstić information content (AvgIpc) is 3.91. The quantitative estimate of drug-likeness (QED) is 0.112. The van der Waals surface area contributed by atoms with E-state index in [4.69, 9.17) is 35.5 Å². The van der Waals surface area contributed by atoms with E-state index in [0.717, 1.165) is 17.5 Å². The van der Waals surface area contributed by atoms with Crippen LogP contribution < -0.4 is 24.0 Å². The number of amides is 1. The third-order valence-corrected chi connectivity index (χ3v) is 13.9. The highest BCUT2D eigenvalue weighted by molar-refractivity contribution is 6.34. The van der Waals surface area contributed by atoms with Crippen LogP contribution in [0, 0.1) is 12.7 Å². The van der Waals surface area contributed by atoms with E-state index in [-0.39, 0.29) is 83.9 Å². The van der Waals surface area contributed by atoms with Crippen molar-refractivity contribution in [2.45, 2.75) is 108 Å².